The first-order valence-corrected chi connectivity index (χ1v) is 9.59. The molecule has 4 rings (SSSR count). The van der Waals surface area contributed by atoms with Crippen LogP contribution in [0.1, 0.15) is 55.1 Å². The van der Waals surface area contributed by atoms with Crippen LogP contribution in [0.5, 0.6) is 11.5 Å². The number of fused-ring (bicyclic) bond motifs is 6. The fourth-order valence-corrected chi connectivity index (χ4v) is 3.87. The highest BCUT2D eigenvalue weighted by Crippen LogP contribution is 2.48. The Morgan fingerprint density at radius 1 is 1.26 bits per heavy atom. The predicted molar refractivity (Wildman–Crippen MR) is 107 cm³/mol. The van der Waals surface area contributed by atoms with E-state index in [9.17, 15) is 9.59 Å². The van der Waals surface area contributed by atoms with Gasteiger partial charge in [0.25, 0.3) is 0 Å². The van der Waals surface area contributed by atoms with Gasteiger partial charge in [-0.3, -0.25) is 4.79 Å². The summed E-state index contributed by atoms with van der Waals surface area (Å²) in [4.78, 5) is 25.2. The van der Waals surface area contributed by atoms with E-state index in [2.05, 4.69) is 6.92 Å². The zero-order valence-corrected chi connectivity index (χ0v) is 16.2. The maximum absolute atomic E-state index is 13.0. The second-order valence-electron chi connectivity index (χ2n) is 7.81. The van der Waals surface area contributed by atoms with E-state index in [1.807, 2.05) is 33.8 Å². The minimum Gasteiger partial charge on any atom is -0.489 e. The van der Waals surface area contributed by atoms with E-state index < -0.39 is 11.2 Å². The van der Waals surface area contributed by atoms with Crippen LogP contribution in [0.2, 0.25) is 6.32 Å². The Kier molecular flexibility index (Phi) is 4.17. The fraction of sp³-hybridized carbons (Fsp3) is 0.429. The summed E-state index contributed by atoms with van der Waals surface area (Å²) in [5, 5.41) is 0.717. The van der Waals surface area contributed by atoms with Gasteiger partial charge < -0.3 is 13.9 Å². The first-order valence-electron chi connectivity index (χ1n) is 9.59. The van der Waals surface area contributed by atoms with Crippen molar-refractivity contribution in [1.29, 1.82) is 0 Å². The van der Waals surface area contributed by atoms with Crippen molar-refractivity contribution in [2.75, 3.05) is 0 Å². The zero-order chi connectivity index (χ0) is 19.3. The molecule has 140 valence electrons. The molecule has 1 aromatic heterocycles. The van der Waals surface area contributed by atoms with Crippen molar-refractivity contribution in [3.05, 3.63) is 39.3 Å². The topological polar surface area (TPSA) is 65.7 Å². The van der Waals surface area contributed by atoms with Crippen LogP contribution in [0.4, 0.5) is 0 Å². The maximum atomic E-state index is 13.0. The predicted octanol–water partition coefficient (Wildman–Crippen LogP) is 3.31. The van der Waals surface area contributed by atoms with Crippen molar-refractivity contribution in [2.24, 2.45) is 0 Å². The lowest BCUT2D eigenvalue weighted by atomic mass is 9.87. The molecule has 0 saturated heterocycles. The van der Waals surface area contributed by atoms with Crippen LogP contribution in [-0.2, 0) is 6.42 Å². The van der Waals surface area contributed by atoms with E-state index in [-0.39, 0.29) is 18.3 Å². The Balaban J connectivity index is 2.15. The highest BCUT2D eigenvalue weighted by atomic mass is 16.5. The summed E-state index contributed by atoms with van der Waals surface area (Å²) in [5.41, 5.74) is 1.32. The molecule has 6 heteroatoms. The SMILES string of the molecule is BCC1CC(=O)c2c(c3c(c4c(CCC)cc(=O)oc24)OC(C)(C)C=C3)O1. The average Bonchev–Trinajstić information content (AvgIpc) is 2.60. The van der Waals surface area contributed by atoms with Gasteiger partial charge in [-0.1, -0.05) is 13.3 Å². The molecule has 1 unspecified atom stereocenters. The van der Waals surface area contributed by atoms with Gasteiger partial charge in [-0.25, -0.2) is 4.79 Å². The highest BCUT2D eigenvalue weighted by Gasteiger charge is 2.36. The molecule has 5 nitrogen and oxygen atoms in total. The Morgan fingerprint density at radius 2 is 2.04 bits per heavy atom. The molecular formula is C21H23BO5. The number of carbonyl (C=O) groups excluding carboxylic acids is 1. The summed E-state index contributed by atoms with van der Waals surface area (Å²) in [6.45, 7) is 5.99. The van der Waals surface area contributed by atoms with E-state index in [1.54, 1.807) is 0 Å². The lowest BCUT2D eigenvalue weighted by Crippen LogP contribution is -2.31. The first-order chi connectivity index (χ1) is 12.8. The van der Waals surface area contributed by atoms with Gasteiger partial charge in [0, 0.05) is 12.5 Å². The molecule has 0 fully saturated rings. The standard InChI is InChI=1S/C21H23BO5/c1-4-5-11-8-15(24)26-20-16(11)19-13(6-7-21(2,3)27-19)18-17(20)14(23)9-12(10-22)25-18/h6-8,12H,4-5,9-10,22H2,1-3H3. The molecule has 2 aliphatic rings. The Labute approximate surface area is 158 Å². The number of benzene rings is 1. The number of hydrogen-bond acceptors (Lipinski definition) is 5. The minimum absolute atomic E-state index is 0.0501. The molecule has 0 spiro atoms. The van der Waals surface area contributed by atoms with Crippen molar-refractivity contribution in [3.8, 4) is 11.5 Å². The van der Waals surface area contributed by atoms with Crippen molar-refractivity contribution in [1.82, 2.24) is 0 Å². The average molecular weight is 366 g/mol. The third-order valence-corrected chi connectivity index (χ3v) is 5.18. The lowest BCUT2D eigenvalue weighted by Gasteiger charge is -2.33. The number of aryl methyl sites for hydroxylation is 1. The van der Waals surface area contributed by atoms with E-state index >= 15 is 0 Å². The van der Waals surface area contributed by atoms with Crippen LogP contribution in [0, 0.1) is 0 Å². The number of carbonyl (C=O) groups is 1. The van der Waals surface area contributed by atoms with Crippen molar-refractivity contribution < 1.29 is 18.7 Å². The Morgan fingerprint density at radius 3 is 2.74 bits per heavy atom. The van der Waals surface area contributed by atoms with Crippen LogP contribution in [0.15, 0.2) is 21.4 Å². The van der Waals surface area contributed by atoms with Crippen molar-refractivity contribution >= 4 is 30.7 Å². The molecule has 0 saturated carbocycles. The summed E-state index contributed by atoms with van der Waals surface area (Å²) >= 11 is 0. The largest absolute Gasteiger partial charge is 0.489 e. The number of ketones is 1. The van der Waals surface area contributed by atoms with Crippen molar-refractivity contribution in [3.63, 3.8) is 0 Å². The molecule has 0 amide bonds. The van der Waals surface area contributed by atoms with Crippen LogP contribution >= 0.6 is 0 Å². The molecule has 3 heterocycles. The smallest absolute Gasteiger partial charge is 0.336 e. The number of Topliss-reactive ketones (excluding diaryl/α,β-unsaturated/α-hetero) is 1. The normalized spacial score (nSPS) is 20.0. The van der Waals surface area contributed by atoms with Crippen LogP contribution in [0.3, 0.4) is 0 Å². The molecule has 0 radical (unpaired) electrons. The zero-order valence-electron chi connectivity index (χ0n) is 16.2. The molecule has 0 aliphatic carbocycles. The van der Waals surface area contributed by atoms with Crippen LogP contribution in [-0.4, -0.2) is 25.3 Å². The van der Waals surface area contributed by atoms with Gasteiger partial charge >= 0.3 is 5.63 Å². The maximum Gasteiger partial charge on any atom is 0.336 e. The molecule has 27 heavy (non-hydrogen) atoms. The van der Waals surface area contributed by atoms with Gasteiger partial charge in [-0.15, -0.1) is 0 Å². The van der Waals surface area contributed by atoms with Gasteiger partial charge in [0.15, 0.2) is 11.4 Å². The first kappa shape index (κ1) is 17.9. The summed E-state index contributed by atoms with van der Waals surface area (Å²) in [7, 11) is 1.99. The van der Waals surface area contributed by atoms with Crippen molar-refractivity contribution in [2.45, 2.75) is 58.1 Å². The van der Waals surface area contributed by atoms with Crippen LogP contribution in [0.25, 0.3) is 17.0 Å². The quantitative estimate of drug-likeness (QED) is 0.616. The summed E-state index contributed by atoms with van der Waals surface area (Å²) < 4.78 is 18.0. The molecule has 2 aliphatic heterocycles. The van der Waals surface area contributed by atoms with E-state index in [4.69, 9.17) is 13.9 Å². The summed E-state index contributed by atoms with van der Waals surface area (Å²) in [6.07, 6.45) is 6.33. The molecular weight excluding hydrogens is 343 g/mol. The van der Waals surface area contributed by atoms with Crippen LogP contribution < -0.4 is 15.1 Å². The second kappa shape index (κ2) is 6.29. The molecule has 1 aromatic carbocycles. The summed E-state index contributed by atoms with van der Waals surface area (Å²) in [5.74, 6) is 1.06. The summed E-state index contributed by atoms with van der Waals surface area (Å²) in [6, 6.07) is 1.51. The third-order valence-electron chi connectivity index (χ3n) is 5.18. The fourth-order valence-electron chi connectivity index (χ4n) is 3.87. The molecule has 1 atom stereocenters. The molecule has 0 N–H and O–H groups in total. The van der Waals surface area contributed by atoms with Gasteiger partial charge in [0.05, 0.1) is 17.1 Å². The van der Waals surface area contributed by atoms with E-state index in [1.165, 1.54) is 6.07 Å². The number of hydrogen-bond donors (Lipinski definition) is 0. The minimum atomic E-state index is -0.503. The van der Waals surface area contributed by atoms with E-state index in [0.717, 1.165) is 29.3 Å². The highest BCUT2D eigenvalue weighted by molar-refractivity contribution is 6.14. The number of ether oxygens (including phenoxy) is 2. The molecule has 0 bridgehead atoms. The Hall–Kier alpha value is -2.50. The van der Waals surface area contributed by atoms with E-state index in [0.29, 0.717) is 29.1 Å². The van der Waals surface area contributed by atoms with Gasteiger partial charge in [0.1, 0.15) is 30.5 Å². The third kappa shape index (κ3) is 2.87. The van der Waals surface area contributed by atoms with Gasteiger partial charge in [-0.05, 0) is 44.3 Å². The number of rotatable bonds is 3. The van der Waals surface area contributed by atoms with Gasteiger partial charge in [-0.2, -0.15) is 0 Å². The lowest BCUT2D eigenvalue weighted by molar-refractivity contribution is 0.0869. The second-order valence-corrected chi connectivity index (χ2v) is 7.81. The monoisotopic (exact) mass is 366 g/mol. The van der Waals surface area contributed by atoms with Gasteiger partial charge in [0.2, 0.25) is 0 Å². The molecule has 2 aromatic rings. The Bertz CT molecular complexity index is 1030.